The van der Waals surface area contributed by atoms with Crippen LogP contribution >= 0.6 is 0 Å². The van der Waals surface area contributed by atoms with Gasteiger partial charge in [0.25, 0.3) is 0 Å². The number of hydrogen-bond donors (Lipinski definition) is 5. The van der Waals surface area contributed by atoms with Crippen molar-refractivity contribution < 1.29 is 24.3 Å². The summed E-state index contributed by atoms with van der Waals surface area (Å²) >= 11 is 0. The second-order valence-electron chi connectivity index (χ2n) is 9.32. The molecule has 3 rings (SSSR count). The van der Waals surface area contributed by atoms with Gasteiger partial charge in [0, 0.05) is 20.0 Å². The molecule has 0 bridgehead atoms. The monoisotopic (exact) mass is 487 g/mol. The lowest BCUT2D eigenvalue weighted by molar-refractivity contribution is -0.149. The van der Waals surface area contributed by atoms with E-state index in [0.29, 0.717) is 44.5 Å². The first-order valence-electron chi connectivity index (χ1n) is 12.5. The van der Waals surface area contributed by atoms with E-state index < -0.39 is 24.0 Å². The van der Waals surface area contributed by atoms with Crippen LogP contribution in [0, 0.1) is 5.92 Å². The van der Waals surface area contributed by atoms with Crippen molar-refractivity contribution in [1.29, 1.82) is 0 Å². The third-order valence-electron chi connectivity index (χ3n) is 6.71. The molecule has 10 heteroatoms. The van der Waals surface area contributed by atoms with Crippen molar-refractivity contribution in [2.45, 2.75) is 70.0 Å². The summed E-state index contributed by atoms with van der Waals surface area (Å²) in [5, 5.41) is 18.3. The van der Waals surface area contributed by atoms with Crippen LogP contribution in [0.4, 0.5) is 0 Å². The molecule has 2 aliphatic rings. The molecular weight excluding hydrogens is 450 g/mol. The summed E-state index contributed by atoms with van der Waals surface area (Å²) < 4.78 is 0. The first-order chi connectivity index (χ1) is 16.8. The van der Waals surface area contributed by atoms with Gasteiger partial charge in [-0.25, -0.2) is 0 Å². The highest BCUT2D eigenvalue weighted by molar-refractivity contribution is 5.99. The number of piperazine rings is 1. The SMILES string of the molecule is CC(=O)NCCCC[C@@H]1NC(=O)[C@H]2C[C@@H](C(=O)NCCCCCN)[C@@H](c3ccc(O)cc3)N2C1=O. The average Bonchev–Trinajstić information content (AvgIpc) is 3.23. The molecule has 192 valence electrons. The molecule has 6 N–H and O–H groups in total. The molecule has 10 nitrogen and oxygen atoms in total. The van der Waals surface area contributed by atoms with Crippen molar-refractivity contribution in [3.8, 4) is 5.75 Å². The van der Waals surface area contributed by atoms with Crippen LogP contribution in [0.15, 0.2) is 24.3 Å². The van der Waals surface area contributed by atoms with Crippen LogP contribution in [-0.2, 0) is 19.2 Å². The number of unbranched alkanes of at least 4 members (excludes halogenated alkanes) is 3. The van der Waals surface area contributed by atoms with Gasteiger partial charge in [0.15, 0.2) is 0 Å². The number of carbonyl (C=O) groups excluding carboxylic acids is 4. The normalized spacial score (nSPS) is 23.5. The fraction of sp³-hybridized carbons (Fsp3) is 0.600. The van der Waals surface area contributed by atoms with Crippen LogP contribution in [0.3, 0.4) is 0 Å². The Hall–Kier alpha value is -3.14. The van der Waals surface area contributed by atoms with E-state index in [4.69, 9.17) is 5.73 Å². The minimum Gasteiger partial charge on any atom is -0.508 e. The van der Waals surface area contributed by atoms with Gasteiger partial charge in [-0.3, -0.25) is 19.2 Å². The summed E-state index contributed by atoms with van der Waals surface area (Å²) in [5.41, 5.74) is 6.24. The Balaban J connectivity index is 1.74. The van der Waals surface area contributed by atoms with Crippen LogP contribution in [0.25, 0.3) is 0 Å². The number of nitrogens with zero attached hydrogens (tertiary/aromatic N) is 1. The van der Waals surface area contributed by atoms with Gasteiger partial charge in [0.2, 0.25) is 23.6 Å². The van der Waals surface area contributed by atoms with Gasteiger partial charge in [-0.2, -0.15) is 0 Å². The van der Waals surface area contributed by atoms with Gasteiger partial charge in [0.05, 0.1) is 12.0 Å². The number of fused-ring (bicyclic) bond motifs is 1. The summed E-state index contributed by atoms with van der Waals surface area (Å²) in [4.78, 5) is 52.3. The van der Waals surface area contributed by atoms with E-state index in [9.17, 15) is 24.3 Å². The molecule has 0 saturated carbocycles. The molecule has 1 aromatic rings. The molecule has 4 atom stereocenters. The molecule has 0 unspecified atom stereocenters. The Kier molecular flexibility index (Phi) is 9.47. The zero-order valence-electron chi connectivity index (χ0n) is 20.3. The number of phenolic OH excluding ortho intramolecular Hbond substituents is 1. The van der Waals surface area contributed by atoms with Crippen LogP contribution in [0.1, 0.15) is 63.5 Å². The molecule has 0 radical (unpaired) electrons. The van der Waals surface area contributed by atoms with Crippen molar-refractivity contribution >= 4 is 23.6 Å². The Morgan fingerprint density at radius 1 is 1.06 bits per heavy atom. The number of phenols is 1. The molecule has 2 heterocycles. The molecule has 1 aromatic carbocycles. The highest BCUT2D eigenvalue weighted by Gasteiger charge is 2.54. The minimum atomic E-state index is -0.718. The van der Waals surface area contributed by atoms with Crippen LogP contribution < -0.4 is 21.7 Å². The van der Waals surface area contributed by atoms with E-state index in [0.717, 1.165) is 19.3 Å². The molecule has 0 aliphatic carbocycles. The van der Waals surface area contributed by atoms with E-state index in [1.807, 2.05) is 0 Å². The van der Waals surface area contributed by atoms with Gasteiger partial charge < -0.3 is 31.7 Å². The number of hydrogen-bond acceptors (Lipinski definition) is 6. The number of amides is 4. The highest BCUT2D eigenvalue weighted by atomic mass is 16.3. The summed E-state index contributed by atoms with van der Waals surface area (Å²) in [5.74, 6) is -1.23. The van der Waals surface area contributed by atoms with Gasteiger partial charge in [-0.15, -0.1) is 0 Å². The number of benzene rings is 1. The Morgan fingerprint density at radius 3 is 2.43 bits per heavy atom. The summed E-state index contributed by atoms with van der Waals surface area (Å²) in [6.07, 6.45) is 4.67. The predicted molar refractivity (Wildman–Crippen MR) is 130 cm³/mol. The van der Waals surface area contributed by atoms with Gasteiger partial charge in [-0.1, -0.05) is 18.6 Å². The van der Waals surface area contributed by atoms with Crippen LogP contribution in [-0.4, -0.2) is 65.4 Å². The molecule has 0 aromatic heterocycles. The van der Waals surface area contributed by atoms with Crippen molar-refractivity contribution in [3.63, 3.8) is 0 Å². The molecular formula is C25H37N5O5. The highest BCUT2D eigenvalue weighted by Crippen LogP contribution is 2.43. The molecule has 0 spiro atoms. The Labute approximate surface area is 206 Å². The largest absolute Gasteiger partial charge is 0.508 e. The maximum absolute atomic E-state index is 13.5. The first kappa shape index (κ1) is 26.5. The lowest BCUT2D eigenvalue weighted by Crippen LogP contribution is -2.61. The minimum absolute atomic E-state index is 0.0870. The molecule has 35 heavy (non-hydrogen) atoms. The van der Waals surface area contributed by atoms with E-state index >= 15 is 0 Å². The summed E-state index contributed by atoms with van der Waals surface area (Å²) in [6.45, 7) is 3.09. The summed E-state index contributed by atoms with van der Waals surface area (Å²) in [7, 11) is 0. The Morgan fingerprint density at radius 2 is 1.74 bits per heavy atom. The van der Waals surface area contributed by atoms with E-state index in [1.54, 1.807) is 17.0 Å². The van der Waals surface area contributed by atoms with Gasteiger partial charge >= 0.3 is 0 Å². The summed E-state index contributed by atoms with van der Waals surface area (Å²) in [6, 6.07) is 4.47. The fourth-order valence-electron chi connectivity index (χ4n) is 4.94. The van der Waals surface area contributed by atoms with E-state index in [-0.39, 0.29) is 35.8 Å². The topological polar surface area (TPSA) is 154 Å². The third-order valence-corrected chi connectivity index (χ3v) is 6.71. The second kappa shape index (κ2) is 12.5. The number of nitrogens with two attached hydrogens (primary N) is 1. The predicted octanol–water partition coefficient (Wildman–Crippen LogP) is 0.700. The fourth-order valence-corrected chi connectivity index (χ4v) is 4.94. The zero-order chi connectivity index (χ0) is 25.4. The number of nitrogens with one attached hydrogen (secondary N) is 3. The quantitative estimate of drug-likeness (QED) is 0.274. The lowest BCUT2D eigenvalue weighted by atomic mass is 9.92. The van der Waals surface area contributed by atoms with Gasteiger partial charge in [0.1, 0.15) is 17.8 Å². The molecule has 2 saturated heterocycles. The van der Waals surface area contributed by atoms with Gasteiger partial charge in [-0.05, 0) is 62.8 Å². The lowest BCUT2D eigenvalue weighted by Gasteiger charge is -2.38. The maximum atomic E-state index is 13.5. The Bertz CT molecular complexity index is 906. The van der Waals surface area contributed by atoms with Crippen molar-refractivity contribution in [3.05, 3.63) is 29.8 Å². The van der Waals surface area contributed by atoms with Crippen LogP contribution in [0.5, 0.6) is 5.75 Å². The molecule has 4 amide bonds. The zero-order valence-corrected chi connectivity index (χ0v) is 20.3. The number of aromatic hydroxyl groups is 1. The number of rotatable bonds is 12. The smallest absolute Gasteiger partial charge is 0.246 e. The standard InChI is InChI=1S/C25H37N5O5/c1-16(31)27-13-6-3-7-20-25(35)30-21(24(34)29-20)15-19(23(33)28-14-5-2-4-12-26)22(30)17-8-10-18(32)11-9-17/h8-11,19-22,32H,2-7,12-15,26H2,1H3,(H,27,31)(H,28,33)(H,29,34)/t19-,20+,21-,22-/m1/s1. The third kappa shape index (κ3) is 6.72. The van der Waals surface area contributed by atoms with E-state index in [2.05, 4.69) is 16.0 Å². The molecule has 2 fully saturated rings. The van der Waals surface area contributed by atoms with Crippen molar-refractivity contribution in [1.82, 2.24) is 20.9 Å². The van der Waals surface area contributed by atoms with Crippen molar-refractivity contribution in [2.75, 3.05) is 19.6 Å². The molecule has 2 aliphatic heterocycles. The van der Waals surface area contributed by atoms with E-state index in [1.165, 1.54) is 19.1 Å². The first-order valence-corrected chi connectivity index (χ1v) is 12.5. The number of carbonyl (C=O) groups is 4. The average molecular weight is 488 g/mol. The van der Waals surface area contributed by atoms with Crippen LogP contribution in [0.2, 0.25) is 0 Å². The van der Waals surface area contributed by atoms with Crippen molar-refractivity contribution in [2.24, 2.45) is 11.7 Å². The second-order valence-corrected chi connectivity index (χ2v) is 9.32. The maximum Gasteiger partial charge on any atom is 0.246 e.